The molecule has 10 heteroatoms. The largest absolute Gasteiger partial charge is 0.392 e. The van der Waals surface area contributed by atoms with Gasteiger partial charge in [0.1, 0.15) is 5.75 Å². The van der Waals surface area contributed by atoms with Crippen LogP contribution in [0.3, 0.4) is 0 Å². The summed E-state index contributed by atoms with van der Waals surface area (Å²) in [5, 5.41) is 16.9. The number of rotatable bonds is 7. The monoisotopic (exact) mass is 470 g/mol. The lowest BCUT2D eigenvalue weighted by atomic mass is 10.1. The van der Waals surface area contributed by atoms with E-state index in [2.05, 4.69) is 15.5 Å². The number of β-amino-alcohol motifs (C(OH)–C–C–N with tert-alkyl or cyclic N) is 1. The van der Waals surface area contributed by atoms with Crippen LogP contribution < -0.4 is 5.32 Å². The molecule has 4 rings (SSSR count). The lowest BCUT2D eigenvalue weighted by molar-refractivity contribution is -0.114. The Kier molecular flexibility index (Phi) is 6.59. The molecule has 0 saturated carbocycles. The number of carbonyl (C=O) groups excluding carboxylic acids is 1. The minimum absolute atomic E-state index is 0.0894. The maximum atomic E-state index is 12.7. The predicted molar refractivity (Wildman–Crippen MR) is 121 cm³/mol. The van der Waals surface area contributed by atoms with Gasteiger partial charge in [-0.3, -0.25) is 9.69 Å². The minimum Gasteiger partial charge on any atom is -0.392 e. The van der Waals surface area contributed by atoms with Crippen molar-refractivity contribution in [3.05, 3.63) is 71.4 Å². The van der Waals surface area contributed by atoms with Crippen LogP contribution in [0, 0.1) is 6.92 Å². The number of anilines is 1. The van der Waals surface area contributed by atoms with Crippen molar-refractivity contribution in [2.45, 2.75) is 49.6 Å². The summed E-state index contributed by atoms with van der Waals surface area (Å²) in [4.78, 5) is 17.7. The Morgan fingerprint density at radius 2 is 1.88 bits per heavy atom. The van der Waals surface area contributed by atoms with E-state index in [-0.39, 0.29) is 34.3 Å². The molecule has 9 nitrogen and oxygen atoms in total. The van der Waals surface area contributed by atoms with Gasteiger partial charge in [-0.1, -0.05) is 35.0 Å². The van der Waals surface area contributed by atoms with Crippen molar-refractivity contribution in [2.24, 2.45) is 0 Å². The van der Waals surface area contributed by atoms with Crippen LogP contribution in [0.15, 0.2) is 57.9 Å². The van der Waals surface area contributed by atoms with Crippen molar-refractivity contribution in [2.75, 3.05) is 11.9 Å². The Bertz CT molecular complexity index is 1220. The molecular formula is C23H26N4O5S. The van der Waals surface area contributed by atoms with E-state index >= 15 is 0 Å². The Hall–Kier alpha value is -3.08. The molecule has 1 fully saturated rings. The lowest BCUT2D eigenvalue weighted by Crippen LogP contribution is -2.24. The Morgan fingerprint density at radius 1 is 1.18 bits per heavy atom. The van der Waals surface area contributed by atoms with Gasteiger partial charge in [-0.25, -0.2) is 8.42 Å². The second-order valence-corrected chi connectivity index (χ2v) is 10.3. The number of nitrogens with zero attached hydrogens (tertiary/aromatic N) is 3. The number of nitrogens with one attached hydrogen (secondary N) is 1. The minimum atomic E-state index is -3.60. The predicted octanol–water partition coefficient (Wildman–Crippen LogP) is 2.62. The summed E-state index contributed by atoms with van der Waals surface area (Å²) in [6.45, 7) is 4.30. The molecule has 0 aliphatic carbocycles. The van der Waals surface area contributed by atoms with E-state index in [0.717, 1.165) is 11.1 Å². The quantitative estimate of drug-likeness (QED) is 0.540. The Balaban J connectivity index is 1.46. The standard InChI is InChI=1S/C23H26N4O5S/c1-15-3-9-20(10-4-15)33(30,31)14-22-25-23(32-26-22)21-11-19(29)13-27(21)12-17-5-7-18(8-6-17)24-16(2)28/h3-10,19,21,29H,11-14H2,1-2H3,(H,24,28). The molecular weight excluding hydrogens is 444 g/mol. The molecule has 2 N–H and O–H groups in total. The van der Waals surface area contributed by atoms with Gasteiger partial charge in [-0.05, 0) is 43.2 Å². The molecule has 0 radical (unpaired) electrons. The third kappa shape index (κ3) is 5.65. The molecule has 1 saturated heterocycles. The summed E-state index contributed by atoms with van der Waals surface area (Å²) in [6.07, 6.45) is -0.142. The number of amides is 1. The fourth-order valence-electron chi connectivity index (χ4n) is 3.90. The van der Waals surface area contributed by atoms with Crippen LogP contribution in [-0.2, 0) is 26.9 Å². The fraction of sp³-hybridized carbons (Fsp3) is 0.348. The van der Waals surface area contributed by atoms with Crippen LogP contribution >= 0.6 is 0 Å². The molecule has 1 aliphatic heterocycles. The number of aliphatic hydroxyl groups is 1. The maximum Gasteiger partial charge on any atom is 0.244 e. The molecule has 1 aliphatic rings. The third-order valence-electron chi connectivity index (χ3n) is 5.51. The van der Waals surface area contributed by atoms with Crippen molar-refractivity contribution in [1.29, 1.82) is 0 Å². The van der Waals surface area contributed by atoms with Gasteiger partial charge < -0.3 is 14.9 Å². The number of sulfone groups is 1. The lowest BCUT2D eigenvalue weighted by Gasteiger charge is -2.21. The van der Waals surface area contributed by atoms with Crippen LogP contribution in [0.25, 0.3) is 0 Å². The zero-order chi connectivity index (χ0) is 23.6. The molecule has 33 heavy (non-hydrogen) atoms. The Morgan fingerprint density at radius 3 is 2.55 bits per heavy atom. The molecule has 2 aromatic carbocycles. The first-order valence-corrected chi connectivity index (χ1v) is 12.3. The SMILES string of the molecule is CC(=O)Nc1ccc(CN2CC(O)CC2c2nc(CS(=O)(=O)c3ccc(C)cc3)no2)cc1. The van der Waals surface area contributed by atoms with Crippen LogP contribution in [-0.4, -0.2) is 47.1 Å². The highest BCUT2D eigenvalue weighted by Crippen LogP contribution is 2.33. The molecule has 0 bridgehead atoms. The highest BCUT2D eigenvalue weighted by Gasteiger charge is 2.36. The van der Waals surface area contributed by atoms with E-state index in [4.69, 9.17) is 4.52 Å². The summed E-state index contributed by atoms with van der Waals surface area (Å²) in [5.41, 5.74) is 2.67. The topological polar surface area (TPSA) is 126 Å². The van der Waals surface area contributed by atoms with Gasteiger partial charge >= 0.3 is 0 Å². The van der Waals surface area contributed by atoms with E-state index < -0.39 is 15.9 Å². The molecule has 3 aromatic rings. The number of aryl methyl sites for hydroxylation is 1. The number of hydrogen-bond donors (Lipinski definition) is 2. The molecule has 0 spiro atoms. The van der Waals surface area contributed by atoms with Crippen LogP contribution in [0.4, 0.5) is 5.69 Å². The second kappa shape index (κ2) is 9.42. The number of aliphatic hydroxyl groups excluding tert-OH is 1. The number of benzene rings is 2. The summed E-state index contributed by atoms with van der Waals surface area (Å²) in [5.74, 6) is -0.122. The number of hydrogen-bond acceptors (Lipinski definition) is 8. The van der Waals surface area contributed by atoms with Gasteiger partial charge in [-0.2, -0.15) is 4.98 Å². The number of aromatic nitrogens is 2. The number of carbonyl (C=O) groups is 1. The van der Waals surface area contributed by atoms with E-state index in [1.54, 1.807) is 24.3 Å². The molecule has 2 unspecified atom stereocenters. The molecule has 1 aromatic heterocycles. The molecule has 1 amide bonds. The van der Waals surface area contributed by atoms with Gasteiger partial charge in [-0.15, -0.1) is 0 Å². The van der Waals surface area contributed by atoms with Gasteiger partial charge in [0.05, 0.1) is 17.0 Å². The van der Waals surface area contributed by atoms with Gasteiger partial charge in [0.15, 0.2) is 15.7 Å². The van der Waals surface area contributed by atoms with Crippen LogP contribution in [0.2, 0.25) is 0 Å². The first-order chi connectivity index (χ1) is 15.7. The highest BCUT2D eigenvalue weighted by molar-refractivity contribution is 7.90. The van der Waals surface area contributed by atoms with E-state index in [1.807, 2.05) is 36.1 Å². The second-order valence-electron chi connectivity index (χ2n) is 8.33. The molecule has 2 heterocycles. The van der Waals surface area contributed by atoms with E-state index in [1.165, 1.54) is 6.92 Å². The third-order valence-corrected chi connectivity index (χ3v) is 7.14. The fourth-order valence-corrected chi connectivity index (χ4v) is 5.08. The van der Waals surface area contributed by atoms with Crippen molar-refractivity contribution in [3.63, 3.8) is 0 Å². The Labute approximate surface area is 192 Å². The average molecular weight is 471 g/mol. The van der Waals surface area contributed by atoms with Crippen LogP contribution in [0.5, 0.6) is 0 Å². The van der Waals surface area contributed by atoms with Crippen molar-refractivity contribution >= 4 is 21.4 Å². The summed E-state index contributed by atoms with van der Waals surface area (Å²) >= 11 is 0. The first-order valence-electron chi connectivity index (χ1n) is 10.6. The van der Waals surface area contributed by atoms with Crippen molar-refractivity contribution < 1.29 is 22.8 Å². The summed E-state index contributed by atoms with van der Waals surface area (Å²) in [7, 11) is -3.60. The van der Waals surface area contributed by atoms with Gasteiger partial charge in [0.25, 0.3) is 0 Å². The first kappa shape index (κ1) is 23.1. The van der Waals surface area contributed by atoms with Crippen molar-refractivity contribution in [3.8, 4) is 0 Å². The normalized spacial score (nSPS) is 19.0. The zero-order valence-electron chi connectivity index (χ0n) is 18.4. The van der Waals surface area contributed by atoms with E-state index in [0.29, 0.717) is 25.2 Å². The maximum absolute atomic E-state index is 12.7. The van der Waals surface area contributed by atoms with Gasteiger partial charge in [0, 0.05) is 25.7 Å². The van der Waals surface area contributed by atoms with Crippen molar-refractivity contribution in [1.82, 2.24) is 15.0 Å². The summed E-state index contributed by atoms with van der Waals surface area (Å²) in [6, 6.07) is 13.7. The number of likely N-dealkylation sites (tertiary alicyclic amines) is 1. The van der Waals surface area contributed by atoms with E-state index in [9.17, 15) is 18.3 Å². The van der Waals surface area contributed by atoms with Gasteiger partial charge in [0.2, 0.25) is 11.8 Å². The van der Waals surface area contributed by atoms with Crippen LogP contribution in [0.1, 0.15) is 42.2 Å². The molecule has 2 atom stereocenters. The average Bonchev–Trinajstić information content (AvgIpc) is 3.35. The smallest absolute Gasteiger partial charge is 0.244 e. The molecule has 174 valence electrons. The highest BCUT2D eigenvalue weighted by atomic mass is 32.2. The summed E-state index contributed by atoms with van der Waals surface area (Å²) < 4.78 is 30.8. The zero-order valence-corrected chi connectivity index (χ0v) is 19.2.